The number of imidazole rings is 1. The average molecular weight is 292 g/mol. The van der Waals surface area contributed by atoms with Gasteiger partial charge < -0.3 is 4.98 Å². The number of aromatic nitrogens is 2. The van der Waals surface area contributed by atoms with Crippen LogP contribution in [0.3, 0.4) is 0 Å². The van der Waals surface area contributed by atoms with Crippen LogP contribution in [0.2, 0.25) is 0 Å². The summed E-state index contributed by atoms with van der Waals surface area (Å²) in [6.45, 7) is 4.48. The van der Waals surface area contributed by atoms with Crippen LogP contribution in [-0.2, 0) is 14.3 Å². The maximum Gasteiger partial charge on any atom is 0.264 e. The van der Waals surface area contributed by atoms with Crippen LogP contribution < -0.4 is 0 Å². The first kappa shape index (κ1) is 15.5. The van der Waals surface area contributed by atoms with Gasteiger partial charge in [0, 0.05) is 0 Å². The maximum absolute atomic E-state index is 10.8. The number of nitrogens with one attached hydrogen (secondary N) is 1. The summed E-state index contributed by atoms with van der Waals surface area (Å²) < 4.78 is 26.5. The van der Waals surface area contributed by atoms with Crippen molar-refractivity contribution in [3.8, 4) is 0 Å². The number of nitrogens with zero attached hydrogens (tertiary/aromatic N) is 1. The van der Waals surface area contributed by atoms with Crippen molar-refractivity contribution < 1.29 is 12.6 Å². The minimum absolute atomic E-state index is 0.0672. The molecular formula is C11H20N2O3S2. The highest BCUT2D eigenvalue weighted by molar-refractivity contribution is 7.99. The van der Waals surface area contributed by atoms with Gasteiger partial charge in [0.15, 0.2) is 0 Å². The third-order valence-corrected chi connectivity index (χ3v) is 4.12. The van der Waals surface area contributed by atoms with Crippen molar-refractivity contribution in [1.82, 2.24) is 9.97 Å². The largest absolute Gasteiger partial charge is 0.340 e. The van der Waals surface area contributed by atoms with Crippen molar-refractivity contribution in [2.24, 2.45) is 5.41 Å². The van der Waals surface area contributed by atoms with E-state index in [4.69, 9.17) is 4.18 Å². The van der Waals surface area contributed by atoms with Crippen LogP contribution in [0.4, 0.5) is 0 Å². The third kappa shape index (κ3) is 7.03. The number of aromatic amines is 1. The van der Waals surface area contributed by atoms with Crippen LogP contribution in [0.25, 0.3) is 0 Å². The summed E-state index contributed by atoms with van der Waals surface area (Å²) in [6, 6.07) is 0. The van der Waals surface area contributed by atoms with E-state index in [0.29, 0.717) is 0 Å². The van der Waals surface area contributed by atoms with E-state index in [0.717, 1.165) is 29.9 Å². The van der Waals surface area contributed by atoms with E-state index >= 15 is 0 Å². The topological polar surface area (TPSA) is 72.1 Å². The smallest absolute Gasteiger partial charge is 0.264 e. The highest BCUT2D eigenvalue weighted by atomic mass is 32.2. The van der Waals surface area contributed by atoms with E-state index in [1.54, 1.807) is 24.3 Å². The molecule has 1 N–H and O–H groups in total. The molecule has 0 amide bonds. The molecule has 1 heterocycles. The second-order valence-electron chi connectivity index (χ2n) is 4.95. The normalized spacial score (nSPS) is 12.8. The summed E-state index contributed by atoms with van der Waals surface area (Å²) >= 11 is 1.72. The van der Waals surface area contributed by atoms with E-state index < -0.39 is 10.1 Å². The molecule has 0 radical (unpaired) electrons. The number of hydrogen-bond acceptors (Lipinski definition) is 5. The Bertz CT molecular complexity index is 441. The van der Waals surface area contributed by atoms with E-state index in [-0.39, 0.29) is 12.0 Å². The first-order valence-electron chi connectivity index (χ1n) is 5.74. The lowest BCUT2D eigenvalue weighted by Crippen LogP contribution is -2.17. The molecule has 0 unspecified atom stereocenters. The van der Waals surface area contributed by atoms with Crippen molar-refractivity contribution in [2.45, 2.75) is 31.7 Å². The van der Waals surface area contributed by atoms with Gasteiger partial charge in [-0.25, -0.2) is 4.98 Å². The van der Waals surface area contributed by atoms with Crippen molar-refractivity contribution in [3.63, 3.8) is 0 Å². The summed E-state index contributed by atoms with van der Waals surface area (Å²) in [5.41, 5.74) is 0.0672. The van der Waals surface area contributed by atoms with Crippen molar-refractivity contribution in [3.05, 3.63) is 12.5 Å². The Morgan fingerprint density at radius 2 is 2.17 bits per heavy atom. The SMILES string of the molecule is CC(C)(CCOS(C)(=O)=O)CCSc1cnc[nH]1. The Hall–Kier alpha value is -0.530. The standard InChI is InChI=1S/C11H20N2O3S2/c1-11(2,4-6-16-18(3,14)15)5-7-17-10-8-12-9-13-10/h8-9H,4-7H2,1-3H3,(H,12,13). The summed E-state index contributed by atoms with van der Waals surface area (Å²) in [5.74, 6) is 0.966. The minimum atomic E-state index is -3.32. The summed E-state index contributed by atoms with van der Waals surface area (Å²) in [5, 5.41) is 1.05. The summed E-state index contributed by atoms with van der Waals surface area (Å²) in [7, 11) is -3.32. The van der Waals surface area contributed by atoms with E-state index in [9.17, 15) is 8.42 Å². The zero-order valence-corrected chi connectivity index (χ0v) is 12.6. The van der Waals surface area contributed by atoms with Crippen LogP contribution in [0, 0.1) is 5.41 Å². The Kier molecular flexibility index (Phi) is 5.68. The molecule has 0 fully saturated rings. The van der Waals surface area contributed by atoms with Gasteiger partial charge in [-0.05, 0) is 24.0 Å². The Morgan fingerprint density at radius 1 is 1.44 bits per heavy atom. The molecule has 7 heteroatoms. The zero-order chi connectivity index (χ0) is 13.6. The highest BCUT2D eigenvalue weighted by Crippen LogP contribution is 2.28. The van der Waals surface area contributed by atoms with Gasteiger partial charge in [0.1, 0.15) is 0 Å². The molecule has 0 bridgehead atoms. The Morgan fingerprint density at radius 3 is 2.72 bits per heavy atom. The molecule has 104 valence electrons. The first-order valence-corrected chi connectivity index (χ1v) is 8.54. The Balaban J connectivity index is 2.22. The molecular weight excluding hydrogens is 272 g/mol. The van der Waals surface area contributed by atoms with Crippen molar-refractivity contribution in [1.29, 1.82) is 0 Å². The van der Waals surface area contributed by atoms with Crippen LogP contribution >= 0.6 is 11.8 Å². The second kappa shape index (κ2) is 6.58. The van der Waals surface area contributed by atoms with Gasteiger partial charge in [-0.3, -0.25) is 4.18 Å². The molecule has 0 aromatic carbocycles. The second-order valence-corrected chi connectivity index (χ2v) is 7.74. The van der Waals surface area contributed by atoms with Crippen LogP contribution in [0.15, 0.2) is 17.6 Å². The number of hydrogen-bond donors (Lipinski definition) is 1. The van der Waals surface area contributed by atoms with E-state index in [1.807, 2.05) is 0 Å². The van der Waals surface area contributed by atoms with E-state index in [2.05, 4.69) is 23.8 Å². The molecule has 18 heavy (non-hydrogen) atoms. The van der Waals surface area contributed by atoms with Crippen molar-refractivity contribution in [2.75, 3.05) is 18.6 Å². The average Bonchev–Trinajstić information content (AvgIpc) is 2.67. The summed E-state index contributed by atoms with van der Waals surface area (Å²) in [6.07, 6.45) is 6.25. The Labute approximate surface area is 113 Å². The maximum atomic E-state index is 10.8. The molecule has 0 atom stereocenters. The molecule has 0 aliphatic carbocycles. The fourth-order valence-electron chi connectivity index (χ4n) is 1.35. The monoisotopic (exact) mass is 292 g/mol. The van der Waals surface area contributed by atoms with Gasteiger partial charge in [0.25, 0.3) is 10.1 Å². The lowest BCUT2D eigenvalue weighted by Gasteiger charge is -2.23. The lowest BCUT2D eigenvalue weighted by atomic mass is 9.87. The van der Waals surface area contributed by atoms with E-state index in [1.165, 1.54) is 0 Å². The van der Waals surface area contributed by atoms with Crippen LogP contribution in [0.5, 0.6) is 0 Å². The van der Waals surface area contributed by atoms with Gasteiger partial charge in [0.05, 0.1) is 30.4 Å². The highest BCUT2D eigenvalue weighted by Gasteiger charge is 2.18. The molecule has 0 saturated heterocycles. The molecule has 1 aromatic rings. The molecule has 0 aliphatic heterocycles. The molecule has 0 aliphatic rings. The first-order chi connectivity index (χ1) is 8.29. The fraction of sp³-hybridized carbons (Fsp3) is 0.727. The van der Waals surface area contributed by atoms with Gasteiger partial charge in [-0.15, -0.1) is 11.8 Å². The zero-order valence-electron chi connectivity index (χ0n) is 11.0. The molecule has 1 aromatic heterocycles. The molecule has 0 spiro atoms. The van der Waals surface area contributed by atoms with Crippen LogP contribution in [-0.4, -0.2) is 37.0 Å². The van der Waals surface area contributed by atoms with Crippen LogP contribution in [0.1, 0.15) is 26.7 Å². The molecule has 0 saturated carbocycles. The molecule has 1 rings (SSSR count). The number of rotatable bonds is 8. The lowest BCUT2D eigenvalue weighted by molar-refractivity contribution is 0.230. The predicted octanol–water partition coefficient (Wildman–Crippen LogP) is 2.28. The predicted molar refractivity (Wildman–Crippen MR) is 73.1 cm³/mol. The van der Waals surface area contributed by atoms with Gasteiger partial charge in [0.2, 0.25) is 0 Å². The number of thioether (sulfide) groups is 1. The summed E-state index contributed by atoms with van der Waals surface area (Å²) in [4.78, 5) is 6.99. The quantitative estimate of drug-likeness (QED) is 0.588. The van der Waals surface area contributed by atoms with Crippen molar-refractivity contribution >= 4 is 21.9 Å². The minimum Gasteiger partial charge on any atom is -0.340 e. The van der Waals surface area contributed by atoms with Gasteiger partial charge >= 0.3 is 0 Å². The van der Waals surface area contributed by atoms with Gasteiger partial charge in [-0.2, -0.15) is 8.42 Å². The molecule has 5 nitrogen and oxygen atoms in total. The fourth-order valence-corrected chi connectivity index (χ4v) is 2.89. The van der Waals surface area contributed by atoms with Gasteiger partial charge in [-0.1, -0.05) is 13.8 Å². The number of H-pyrrole nitrogens is 1. The third-order valence-electron chi connectivity index (χ3n) is 2.59.